The van der Waals surface area contributed by atoms with Crippen molar-refractivity contribution in [1.29, 1.82) is 0 Å². The third-order valence-electron chi connectivity index (χ3n) is 5.39. The van der Waals surface area contributed by atoms with Crippen molar-refractivity contribution in [1.82, 2.24) is 5.32 Å². The third-order valence-corrected chi connectivity index (χ3v) is 6.37. The van der Waals surface area contributed by atoms with Crippen LogP contribution >= 0.6 is 31.9 Å². The fourth-order valence-corrected chi connectivity index (χ4v) is 4.99. The minimum Gasteiger partial charge on any atom is -0.291 e. The SMILES string of the molecule is CC1(C)[C@@H]([N+](=O)[O-])[C@@H](c2cccc(Br)c2)N[C@H](c2cccc(Br)c2)[C@@H]1[N+](=O)[O-]. The van der Waals surface area contributed by atoms with Gasteiger partial charge in [-0.3, -0.25) is 25.5 Å². The molecule has 2 aromatic rings. The van der Waals surface area contributed by atoms with Crippen molar-refractivity contribution in [3.05, 3.63) is 88.8 Å². The minimum atomic E-state index is -1.20. The second kappa shape index (κ2) is 7.88. The van der Waals surface area contributed by atoms with Crippen molar-refractivity contribution in [2.24, 2.45) is 5.41 Å². The van der Waals surface area contributed by atoms with Crippen molar-refractivity contribution in [3.8, 4) is 0 Å². The Morgan fingerprint density at radius 1 is 0.857 bits per heavy atom. The van der Waals surface area contributed by atoms with E-state index in [0.717, 1.165) is 8.95 Å². The molecule has 0 unspecified atom stereocenters. The van der Waals surface area contributed by atoms with Crippen molar-refractivity contribution in [3.63, 3.8) is 0 Å². The van der Waals surface area contributed by atoms with E-state index in [1.807, 2.05) is 24.3 Å². The normalized spacial score (nSPS) is 26.6. The van der Waals surface area contributed by atoms with E-state index >= 15 is 0 Å². The summed E-state index contributed by atoms with van der Waals surface area (Å²) in [5, 5.41) is 27.3. The van der Waals surface area contributed by atoms with Gasteiger partial charge in [0, 0.05) is 18.8 Å². The lowest BCUT2D eigenvalue weighted by atomic mass is 9.66. The number of nitro groups is 2. The molecule has 0 spiro atoms. The van der Waals surface area contributed by atoms with Gasteiger partial charge in [0.2, 0.25) is 12.1 Å². The van der Waals surface area contributed by atoms with Gasteiger partial charge < -0.3 is 0 Å². The molecular formula is C19H19Br2N3O4. The molecule has 148 valence electrons. The van der Waals surface area contributed by atoms with E-state index in [1.54, 1.807) is 38.1 Å². The summed E-state index contributed by atoms with van der Waals surface area (Å²) < 4.78 is 1.59. The lowest BCUT2D eigenvalue weighted by Crippen LogP contribution is -2.63. The van der Waals surface area contributed by atoms with Crippen LogP contribution in [0.3, 0.4) is 0 Å². The van der Waals surface area contributed by atoms with E-state index in [2.05, 4.69) is 37.2 Å². The highest BCUT2D eigenvalue weighted by Crippen LogP contribution is 2.47. The zero-order valence-corrected chi connectivity index (χ0v) is 18.4. The summed E-state index contributed by atoms with van der Waals surface area (Å²) in [4.78, 5) is 23.3. The molecule has 7 nitrogen and oxygen atoms in total. The first kappa shape index (κ1) is 20.9. The van der Waals surface area contributed by atoms with Crippen LogP contribution in [0.5, 0.6) is 0 Å². The molecule has 0 amide bonds. The number of halogens is 2. The topological polar surface area (TPSA) is 98.3 Å². The van der Waals surface area contributed by atoms with Gasteiger partial charge in [0.25, 0.3) is 0 Å². The summed E-state index contributed by atoms with van der Waals surface area (Å²) in [6, 6.07) is 10.8. The van der Waals surface area contributed by atoms with E-state index < -0.39 is 39.4 Å². The first-order valence-electron chi connectivity index (χ1n) is 8.67. The zero-order chi connectivity index (χ0) is 20.6. The standard InChI is InChI=1S/C19H19Br2N3O4/c1-19(2)17(23(25)26)15(11-5-3-7-13(20)9-11)22-16(18(19)24(27)28)12-6-4-8-14(21)10-12/h3-10,15-18,22H,1-2H3/t15-,16-,17+,18+/m1/s1. The average Bonchev–Trinajstić information content (AvgIpc) is 2.59. The predicted octanol–water partition coefficient (Wildman–Crippen LogP) is 4.91. The summed E-state index contributed by atoms with van der Waals surface area (Å²) in [6.45, 7) is 3.23. The molecule has 2 aromatic carbocycles. The number of hydrogen-bond donors (Lipinski definition) is 1. The average molecular weight is 513 g/mol. The second-order valence-electron chi connectivity index (χ2n) is 7.51. The third kappa shape index (κ3) is 3.83. The predicted molar refractivity (Wildman–Crippen MR) is 112 cm³/mol. The maximum Gasteiger partial charge on any atom is 0.243 e. The first-order valence-corrected chi connectivity index (χ1v) is 10.3. The Bertz CT molecular complexity index is 850. The summed E-state index contributed by atoms with van der Waals surface area (Å²) in [7, 11) is 0. The quantitative estimate of drug-likeness (QED) is 0.463. The highest BCUT2D eigenvalue weighted by molar-refractivity contribution is 9.10. The molecule has 4 atom stereocenters. The Labute approximate surface area is 179 Å². The molecule has 28 heavy (non-hydrogen) atoms. The monoisotopic (exact) mass is 511 g/mol. The van der Waals surface area contributed by atoms with Crippen LogP contribution in [-0.2, 0) is 0 Å². The number of benzene rings is 2. The van der Waals surface area contributed by atoms with Crippen LogP contribution in [-0.4, -0.2) is 21.9 Å². The Morgan fingerprint density at radius 3 is 1.57 bits per heavy atom. The van der Waals surface area contributed by atoms with Gasteiger partial charge in [-0.1, -0.05) is 56.1 Å². The molecule has 3 rings (SSSR count). The van der Waals surface area contributed by atoms with Gasteiger partial charge in [0.05, 0.1) is 0 Å². The summed E-state index contributed by atoms with van der Waals surface area (Å²) in [5.41, 5.74) is 0.231. The Balaban J connectivity index is 2.18. The number of piperidine rings is 1. The van der Waals surface area contributed by atoms with Crippen molar-refractivity contribution < 1.29 is 9.85 Å². The molecule has 1 fully saturated rings. The van der Waals surface area contributed by atoms with E-state index in [-0.39, 0.29) is 0 Å². The molecule has 0 aliphatic carbocycles. The van der Waals surface area contributed by atoms with Gasteiger partial charge in [-0.2, -0.15) is 0 Å². The van der Waals surface area contributed by atoms with E-state index in [9.17, 15) is 20.2 Å². The summed E-state index contributed by atoms with van der Waals surface area (Å²) >= 11 is 6.81. The lowest BCUT2D eigenvalue weighted by molar-refractivity contribution is -0.605. The highest BCUT2D eigenvalue weighted by Gasteiger charge is 2.62. The maximum atomic E-state index is 12.0. The number of nitrogens with one attached hydrogen (secondary N) is 1. The molecular weight excluding hydrogens is 494 g/mol. The summed E-state index contributed by atoms with van der Waals surface area (Å²) in [5.74, 6) is 0. The molecule has 1 N–H and O–H groups in total. The molecule has 1 aliphatic rings. The van der Waals surface area contributed by atoms with Crippen molar-refractivity contribution in [2.45, 2.75) is 38.0 Å². The molecule has 1 saturated heterocycles. The van der Waals surface area contributed by atoms with Gasteiger partial charge in [0.15, 0.2) is 0 Å². The highest BCUT2D eigenvalue weighted by atomic mass is 79.9. The van der Waals surface area contributed by atoms with Gasteiger partial charge >= 0.3 is 0 Å². The fraction of sp³-hybridized carbons (Fsp3) is 0.368. The first-order chi connectivity index (χ1) is 13.1. The van der Waals surface area contributed by atoms with Crippen LogP contribution in [0, 0.1) is 25.6 Å². The van der Waals surface area contributed by atoms with Crippen LogP contribution in [0.4, 0.5) is 0 Å². The molecule has 0 saturated carbocycles. The number of hydrogen-bond acceptors (Lipinski definition) is 5. The van der Waals surface area contributed by atoms with Gasteiger partial charge in [-0.15, -0.1) is 0 Å². The molecule has 1 aliphatic heterocycles. The Hall–Kier alpha value is -1.84. The van der Waals surface area contributed by atoms with Gasteiger partial charge in [0.1, 0.15) is 17.5 Å². The maximum absolute atomic E-state index is 12.0. The van der Waals surface area contributed by atoms with E-state index in [4.69, 9.17) is 0 Å². The van der Waals surface area contributed by atoms with Crippen LogP contribution in [0.2, 0.25) is 0 Å². The van der Waals surface area contributed by atoms with Crippen molar-refractivity contribution in [2.75, 3.05) is 0 Å². The lowest BCUT2D eigenvalue weighted by Gasteiger charge is -2.44. The smallest absolute Gasteiger partial charge is 0.243 e. The molecule has 9 heteroatoms. The molecule has 1 heterocycles. The second-order valence-corrected chi connectivity index (χ2v) is 9.35. The Morgan fingerprint density at radius 2 is 1.25 bits per heavy atom. The molecule has 0 aromatic heterocycles. The van der Waals surface area contributed by atoms with Crippen LogP contribution in [0.1, 0.15) is 37.1 Å². The molecule has 0 bridgehead atoms. The van der Waals surface area contributed by atoms with Crippen LogP contribution < -0.4 is 5.32 Å². The van der Waals surface area contributed by atoms with Crippen LogP contribution in [0.15, 0.2) is 57.5 Å². The largest absolute Gasteiger partial charge is 0.291 e. The van der Waals surface area contributed by atoms with Crippen LogP contribution in [0.25, 0.3) is 0 Å². The van der Waals surface area contributed by atoms with Gasteiger partial charge in [-0.05, 0) is 49.2 Å². The van der Waals surface area contributed by atoms with E-state index in [1.165, 1.54) is 0 Å². The zero-order valence-electron chi connectivity index (χ0n) is 15.2. The number of nitrogens with zero attached hydrogens (tertiary/aromatic N) is 2. The summed E-state index contributed by atoms with van der Waals surface area (Å²) in [6.07, 6.45) is 0. The Kier molecular flexibility index (Phi) is 5.88. The van der Waals surface area contributed by atoms with E-state index in [0.29, 0.717) is 11.1 Å². The molecule has 0 radical (unpaired) electrons. The number of rotatable bonds is 4. The minimum absolute atomic E-state index is 0.397. The van der Waals surface area contributed by atoms with Gasteiger partial charge in [-0.25, -0.2) is 0 Å². The van der Waals surface area contributed by atoms with Crippen molar-refractivity contribution >= 4 is 31.9 Å². The fourth-order valence-electron chi connectivity index (χ4n) is 4.15.